The fraction of sp³-hybridized carbons (Fsp3) is 0.455. The average Bonchev–Trinajstić information content (AvgIpc) is 2.23. The van der Waals surface area contributed by atoms with Gasteiger partial charge in [0, 0.05) is 5.02 Å². The van der Waals surface area contributed by atoms with Crippen molar-refractivity contribution < 1.29 is 18.0 Å². The van der Waals surface area contributed by atoms with Gasteiger partial charge < -0.3 is 9.05 Å². The standard InChI is InChI=1S/C11H15ClFO3P/c1-3-15-17(14,16-4-2)8-9-5-6-10(13)7-11(9)12/h5-7H,3-4,8H2,1-2H3. The van der Waals surface area contributed by atoms with Crippen LogP contribution in [0.15, 0.2) is 18.2 Å². The summed E-state index contributed by atoms with van der Waals surface area (Å²) in [6, 6.07) is 3.94. The smallest absolute Gasteiger partial charge is 0.309 e. The molecule has 0 amide bonds. The van der Waals surface area contributed by atoms with Gasteiger partial charge in [-0.15, -0.1) is 0 Å². The van der Waals surface area contributed by atoms with E-state index in [4.69, 9.17) is 20.6 Å². The molecule has 0 bridgehead atoms. The van der Waals surface area contributed by atoms with Crippen LogP contribution in [0.3, 0.4) is 0 Å². The second kappa shape index (κ2) is 6.50. The van der Waals surface area contributed by atoms with Gasteiger partial charge in [-0.05, 0) is 31.5 Å². The van der Waals surface area contributed by atoms with Crippen LogP contribution in [-0.4, -0.2) is 13.2 Å². The number of hydrogen-bond acceptors (Lipinski definition) is 3. The Morgan fingerprint density at radius 1 is 1.29 bits per heavy atom. The van der Waals surface area contributed by atoms with Crippen LogP contribution in [0.4, 0.5) is 4.39 Å². The molecule has 0 atom stereocenters. The maximum absolute atomic E-state index is 12.9. The summed E-state index contributed by atoms with van der Waals surface area (Å²) in [6.45, 7) is 4.04. The Kier molecular flexibility index (Phi) is 5.60. The van der Waals surface area contributed by atoms with Crippen LogP contribution >= 0.6 is 19.2 Å². The summed E-state index contributed by atoms with van der Waals surface area (Å²) in [5.74, 6) is -0.429. The SMILES string of the molecule is CCOP(=O)(Cc1ccc(F)cc1Cl)OCC. The zero-order chi connectivity index (χ0) is 12.9. The Hall–Kier alpha value is -0.410. The summed E-state index contributed by atoms with van der Waals surface area (Å²) in [6.07, 6.45) is 0.0494. The molecule has 0 fully saturated rings. The molecule has 0 saturated heterocycles. The fourth-order valence-electron chi connectivity index (χ4n) is 1.38. The molecule has 3 nitrogen and oxygen atoms in total. The van der Waals surface area contributed by atoms with Gasteiger partial charge in [-0.25, -0.2) is 4.39 Å². The molecule has 0 saturated carbocycles. The third kappa shape index (κ3) is 4.40. The minimum atomic E-state index is -3.19. The topological polar surface area (TPSA) is 35.5 Å². The fourth-order valence-corrected chi connectivity index (χ4v) is 3.44. The van der Waals surface area contributed by atoms with Crippen molar-refractivity contribution in [3.63, 3.8) is 0 Å². The molecule has 0 heterocycles. The van der Waals surface area contributed by atoms with Gasteiger partial charge in [0.05, 0.1) is 19.4 Å². The van der Waals surface area contributed by atoms with Crippen molar-refractivity contribution in [1.29, 1.82) is 0 Å². The lowest BCUT2D eigenvalue weighted by molar-refractivity contribution is 0.219. The Bertz CT molecular complexity index is 415. The van der Waals surface area contributed by atoms with Crippen molar-refractivity contribution in [3.05, 3.63) is 34.6 Å². The van der Waals surface area contributed by atoms with Crippen LogP contribution in [0.25, 0.3) is 0 Å². The van der Waals surface area contributed by atoms with Gasteiger partial charge in [-0.1, -0.05) is 17.7 Å². The van der Waals surface area contributed by atoms with Gasteiger partial charge in [0.1, 0.15) is 5.82 Å². The third-order valence-electron chi connectivity index (χ3n) is 2.03. The largest absolute Gasteiger partial charge is 0.335 e. The Labute approximate surface area is 105 Å². The summed E-state index contributed by atoms with van der Waals surface area (Å²) in [7, 11) is -3.19. The second-order valence-electron chi connectivity index (χ2n) is 3.34. The highest BCUT2D eigenvalue weighted by atomic mass is 35.5. The molecular weight excluding hydrogens is 266 g/mol. The van der Waals surface area contributed by atoms with Gasteiger partial charge in [-0.3, -0.25) is 4.57 Å². The van der Waals surface area contributed by atoms with E-state index < -0.39 is 13.4 Å². The zero-order valence-corrected chi connectivity index (χ0v) is 11.4. The molecule has 0 spiro atoms. The first-order valence-electron chi connectivity index (χ1n) is 5.33. The van der Waals surface area contributed by atoms with E-state index in [-0.39, 0.29) is 24.4 Å². The van der Waals surface area contributed by atoms with Crippen molar-refractivity contribution in [1.82, 2.24) is 0 Å². The van der Waals surface area contributed by atoms with Gasteiger partial charge in [-0.2, -0.15) is 0 Å². The zero-order valence-electron chi connectivity index (χ0n) is 9.78. The number of rotatable bonds is 6. The van der Waals surface area contributed by atoms with E-state index in [1.165, 1.54) is 18.2 Å². The molecule has 0 aliphatic rings. The summed E-state index contributed by atoms with van der Waals surface area (Å²) in [5, 5.41) is 0.227. The molecule has 0 aliphatic carbocycles. The van der Waals surface area contributed by atoms with Crippen molar-refractivity contribution in [2.45, 2.75) is 20.0 Å². The second-order valence-corrected chi connectivity index (χ2v) is 5.80. The lowest BCUT2D eigenvalue weighted by Gasteiger charge is -2.17. The highest BCUT2D eigenvalue weighted by molar-refractivity contribution is 7.53. The predicted octanol–water partition coefficient (Wildman–Crippen LogP) is 4.25. The number of halogens is 2. The first-order valence-corrected chi connectivity index (χ1v) is 7.43. The summed E-state index contributed by atoms with van der Waals surface area (Å²) >= 11 is 5.86. The van der Waals surface area contributed by atoms with Crippen molar-refractivity contribution >= 4 is 19.2 Å². The number of hydrogen-bond donors (Lipinski definition) is 0. The summed E-state index contributed by atoms with van der Waals surface area (Å²) in [5.41, 5.74) is 0.554. The molecule has 0 radical (unpaired) electrons. The summed E-state index contributed by atoms with van der Waals surface area (Å²) in [4.78, 5) is 0. The Morgan fingerprint density at radius 3 is 2.35 bits per heavy atom. The van der Waals surface area contributed by atoms with E-state index in [0.717, 1.165) is 0 Å². The van der Waals surface area contributed by atoms with E-state index >= 15 is 0 Å². The Morgan fingerprint density at radius 2 is 1.88 bits per heavy atom. The Balaban J connectivity index is 2.89. The molecule has 0 unspecified atom stereocenters. The highest BCUT2D eigenvalue weighted by Crippen LogP contribution is 2.52. The van der Waals surface area contributed by atoms with Crippen LogP contribution in [0.5, 0.6) is 0 Å². The van der Waals surface area contributed by atoms with Gasteiger partial charge in [0.2, 0.25) is 0 Å². The molecule has 0 aromatic heterocycles. The molecule has 0 aliphatic heterocycles. The lowest BCUT2D eigenvalue weighted by Crippen LogP contribution is -1.99. The minimum Gasteiger partial charge on any atom is -0.309 e. The van der Waals surface area contributed by atoms with E-state index in [2.05, 4.69) is 0 Å². The van der Waals surface area contributed by atoms with E-state index in [1.807, 2.05) is 0 Å². The van der Waals surface area contributed by atoms with E-state index in [1.54, 1.807) is 13.8 Å². The molecule has 6 heteroatoms. The molecule has 1 aromatic carbocycles. The minimum absolute atomic E-state index is 0.0494. The summed E-state index contributed by atoms with van der Waals surface area (Å²) < 4.78 is 35.4. The van der Waals surface area contributed by atoms with Crippen LogP contribution in [0, 0.1) is 5.82 Å². The molecule has 1 aromatic rings. The maximum Gasteiger partial charge on any atom is 0.335 e. The van der Waals surface area contributed by atoms with Crippen LogP contribution in [0.1, 0.15) is 19.4 Å². The lowest BCUT2D eigenvalue weighted by atomic mass is 10.2. The molecule has 1 rings (SSSR count). The quantitative estimate of drug-likeness (QED) is 0.731. The number of benzene rings is 1. The normalized spacial score (nSPS) is 11.8. The van der Waals surface area contributed by atoms with E-state index in [9.17, 15) is 8.96 Å². The highest BCUT2D eigenvalue weighted by Gasteiger charge is 2.25. The van der Waals surface area contributed by atoms with Gasteiger partial charge in [0.25, 0.3) is 0 Å². The van der Waals surface area contributed by atoms with Crippen molar-refractivity contribution in [2.75, 3.05) is 13.2 Å². The molecule has 96 valence electrons. The first kappa shape index (κ1) is 14.7. The third-order valence-corrected chi connectivity index (χ3v) is 4.41. The van der Waals surface area contributed by atoms with Crippen molar-refractivity contribution in [2.24, 2.45) is 0 Å². The molecule has 17 heavy (non-hydrogen) atoms. The monoisotopic (exact) mass is 280 g/mol. The predicted molar refractivity (Wildman–Crippen MR) is 66.0 cm³/mol. The average molecular weight is 281 g/mol. The van der Waals surface area contributed by atoms with E-state index in [0.29, 0.717) is 5.56 Å². The van der Waals surface area contributed by atoms with Crippen LogP contribution < -0.4 is 0 Å². The maximum atomic E-state index is 12.9. The van der Waals surface area contributed by atoms with Crippen molar-refractivity contribution in [3.8, 4) is 0 Å². The van der Waals surface area contributed by atoms with Crippen LogP contribution in [0.2, 0.25) is 5.02 Å². The first-order chi connectivity index (χ1) is 8.00. The molecule has 0 N–H and O–H groups in total. The molecular formula is C11H15ClFO3P. The van der Waals surface area contributed by atoms with Gasteiger partial charge >= 0.3 is 7.60 Å². The van der Waals surface area contributed by atoms with Crippen LogP contribution in [-0.2, 0) is 19.8 Å². The van der Waals surface area contributed by atoms with Gasteiger partial charge in [0.15, 0.2) is 0 Å².